The van der Waals surface area contributed by atoms with Gasteiger partial charge < -0.3 is 10.0 Å². The second-order valence-electron chi connectivity index (χ2n) is 3.34. The summed E-state index contributed by atoms with van der Waals surface area (Å²) in [6.07, 6.45) is 0. The van der Waals surface area contributed by atoms with E-state index in [9.17, 15) is 4.79 Å². The topological polar surface area (TPSA) is 40.5 Å². The Kier molecular flexibility index (Phi) is 5.96. The molecule has 3 nitrogen and oxygen atoms in total. The quantitative estimate of drug-likeness (QED) is 0.769. The Balaban J connectivity index is 2.52. The van der Waals surface area contributed by atoms with Crippen molar-refractivity contribution in [2.45, 2.75) is 6.92 Å². The van der Waals surface area contributed by atoms with Crippen LogP contribution in [0.1, 0.15) is 6.92 Å². The van der Waals surface area contributed by atoms with Crippen LogP contribution < -0.4 is 4.90 Å². The summed E-state index contributed by atoms with van der Waals surface area (Å²) < 4.78 is 0. The molecule has 1 aromatic carbocycles. The minimum absolute atomic E-state index is 0.0517. The molecule has 0 aliphatic carbocycles. The van der Waals surface area contributed by atoms with Gasteiger partial charge in [-0.2, -0.15) is 11.8 Å². The molecule has 0 spiro atoms. The first-order chi connectivity index (χ1) is 7.75. The van der Waals surface area contributed by atoms with Gasteiger partial charge >= 0.3 is 0 Å². The van der Waals surface area contributed by atoms with Gasteiger partial charge in [0, 0.05) is 30.7 Å². The van der Waals surface area contributed by atoms with Crippen LogP contribution in [0, 0.1) is 0 Å². The van der Waals surface area contributed by atoms with Crippen LogP contribution in [0.25, 0.3) is 0 Å². The summed E-state index contributed by atoms with van der Waals surface area (Å²) >= 11 is 1.65. The van der Waals surface area contributed by atoms with E-state index < -0.39 is 0 Å². The molecule has 0 atom stereocenters. The Hall–Kier alpha value is -1.00. The second-order valence-corrected chi connectivity index (χ2v) is 4.57. The molecule has 4 heteroatoms. The first kappa shape index (κ1) is 13.1. The van der Waals surface area contributed by atoms with E-state index in [2.05, 4.69) is 0 Å². The van der Waals surface area contributed by atoms with Crippen LogP contribution in [0.2, 0.25) is 0 Å². The lowest BCUT2D eigenvalue weighted by molar-refractivity contribution is -0.116. The number of thioether (sulfide) groups is 1. The molecule has 88 valence electrons. The van der Waals surface area contributed by atoms with Crippen LogP contribution in [-0.2, 0) is 4.79 Å². The Morgan fingerprint density at radius 1 is 1.31 bits per heavy atom. The van der Waals surface area contributed by atoms with Crippen molar-refractivity contribution in [2.24, 2.45) is 0 Å². The molecule has 0 aliphatic heterocycles. The van der Waals surface area contributed by atoms with Crippen molar-refractivity contribution in [3.63, 3.8) is 0 Å². The van der Waals surface area contributed by atoms with Crippen molar-refractivity contribution in [3.05, 3.63) is 30.3 Å². The number of anilines is 1. The van der Waals surface area contributed by atoms with Crippen LogP contribution in [0.4, 0.5) is 5.69 Å². The van der Waals surface area contributed by atoms with Crippen LogP contribution in [0.3, 0.4) is 0 Å². The third kappa shape index (κ3) is 4.24. The highest BCUT2D eigenvalue weighted by Gasteiger charge is 2.09. The number of para-hydroxylation sites is 1. The molecule has 1 N–H and O–H groups in total. The van der Waals surface area contributed by atoms with E-state index >= 15 is 0 Å². The van der Waals surface area contributed by atoms with Crippen LogP contribution in [-0.4, -0.2) is 35.7 Å². The number of rotatable bonds is 6. The molecule has 0 unspecified atom stereocenters. The highest BCUT2D eigenvalue weighted by Crippen LogP contribution is 2.14. The average Bonchev–Trinajstić information content (AvgIpc) is 2.30. The van der Waals surface area contributed by atoms with Gasteiger partial charge in [0.05, 0.1) is 6.61 Å². The van der Waals surface area contributed by atoms with Crippen LogP contribution in [0.15, 0.2) is 30.3 Å². The van der Waals surface area contributed by atoms with Crippen molar-refractivity contribution < 1.29 is 9.90 Å². The first-order valence-electron chi connectivity index (χ1n) is 5.27. The fraction of sp³-hybridized carbons (Fsp3) is 0.417. The molecule has 0 heterocycles. The van der Waals surface area contributed by atoms with Crippen molar-refractivity contribution in [3.8, 4) is 0 Å². The van der Waals surface area contributed by atoms with Crippen molar-refractivity contribution >= 4 is 23.4 Å². The second kappa shape index (κ2) is 7.30. The van der Waals surface area contributed by atoms with Crippen LogP contribution >= 0.6 is 11.8 Å². The molecule has 0 bridgehead atoms. The molecule has 0 saturated carbocycles. The fourth-order valence-corrected chi connectivity index (χ4v) is 2.04. The molecule has 1 aromatic rings. The van der Waals surface area contributed by atoms with E-state index in [1.165, 1.54) is 0 Å². The first-order valence-corrected chi connectivity index (χ1v) is 6.43. The Bertz CT molecular complexity index is 316. The number of aliphatic hydroxyl groups is 1. The van der Waals surface area contributed by atoms with Gasteiger partial charge in [-0.3, -0.25) is 4.79 Å². The molecular formula is C12H17NO2S. The third-order valence-corrected chi connectivity index (χ3v) is 3.09. The smallest absolute Gasteiger partial charge is 0.223 e. The molecule has 1 amide bonds. The summed E-state index contributed by atoms with van der Waals surface area (Å²) in [5.41, 5.74) is 0.930. The van der Waals surface area contributed by atoms with Gasteiger partial charge in [-0.15, -0.1) is 0 Å². The van der Waals surface area contributed by atoms with Gasteiger partial charge in [0.25, 0.3) is 0 Å². The number of hydrogen-bond donors (Lipinski definition) is 1. The lowest BCUT2D eigenvalue weighted by atomic mass is 10.3. The summed E-state index contributed by atoms with van der Waals surface area (Å²) in [6.45, 7) is 2.45. The minimum Gasteiger partial charge on any atom is -0.396 e. The monoisotopic (exact) mass is 239 g/mol. The normalized spacial score (nSPS) is 10.1. The molecule has 0 saturated heterocycles. The number of nitrogens with zero attached hydrogens (tertiary/aromatic N) is 1. The summed E-state index contributed by atoms with van der Waals surface area (Å²) in [4.78, 5) is 13.2. The number of hydrogen-bond acceptors (Lipinski definition) is 3. The zero-order valence-electron chi connectivity index (χ0n) is 9.43. The Labute approximate surface area is 100 Å². The summed E-state index contributed by atoms with van der Waals surface area (Å²) in [5, 5.41) is 8.66. The molecule has 16 heavy (non-hydrogen) atoms. The maximum atomic E-state index is 11.5. The van der Waals surface area contributed by atoms with Gasteiger partial charge in [-0.1, -0.05) is 18.2 Å². The predicted octanol–water partition coefficient (Wildman–Crippen LogP) is 1.76. The molecular weight excluding hydrogens is 222 g/mol. The van der Waals surface area contributed by atoms with Crippen molar-refractivity contribution in [1.82, 2.24) is 0 Å². The standard InChI is InChI=1S/C12H17NO2S/c1-11(15)13(7-9-16-10-8-14)12-5-3-2-4-6-12/h2-6,14H,7-10H2,1H3. The van der Waals surface area contributed by atoms with Crippen molar-refractivity contribution in [2.75, 3.05) is 29.6 Å². The SMILES string of the molecule is CC(=O)N(CCSCCO)c1ccccc1. The Morgan fingerprint density at radius 2 is 2.00 bits per heavy atom. The van der Waals surface area contributed by atoms with Gasteiger partial charge in [0.1, 0.15) is 0 Å². The lowest BCUT2D eigenvalue weighted by Gasteiger charge is -2.20. The minimum atomic E-state index is 0.0517. The number of aliphatic hydroxyl groups excluding tert-OH is 1. The predicted molar refractivity (Wildman–Crippen MR) is 68.9 cm³/mol. The number of carbonyl (C=O) groups is 1. The molecule has 0 aromatic heterocycles. The maximum Gasteiger partial charge on any atom is 0.223 e. The molecule has 0 fully saturated rings. The summed E-state index contributed by atoms with van der Waals surface area (Å²) in [5.74, 6) is 1.62. The van der Waals surface area contributed by atoms with Gasteiger partial charge in [-0.05, 0) is 12.1 Å². The van der Waals surface area contributed by atoms with E-state index in [4.69, 9.17) is 5.11 Å². The number of carbonyl (C=O) groups excluding carboxylic acids is 1. The molecule has 1 rings (SSSR count). The zero-order chi connectivity index (χ0) is 11.8. The van der Waals surface area contributed by atoms with Crippen LogP contribution in [0.5, 0.6) is 0 Å². The molecule has 0 aliphatic rings. The highest BCUT2D eigenvalue weighted by molar-refractivity contribution is 7.99. The van der Waals surface area contributed by atoms with E-state index in [-0.39, 0.29) is 12.5 Å². The van der Waals surface area contributed by atoms with Gasteiger partial charge in [-0.25, -0.2) is 0 Å². The van der Waals surface area contributed by atoms with E-state index in [0.717, 1.165) is 17.2 Å². The summed E-state index contributed by atoms with van der Waals surface area (Å²) in [7, 11) is 0. The Morgan fingerprint density at radius 3 is 2.56 bits per heavy atom. The average molecular weight is 239 g/mol. The zero-order valence-corrected chi connectivity index (χ0v) is 10.2. The largest absolute Gasteiger partial charge is 0.396 e. The fourth-order valence-electron chi connectivity index (χ4n) is 1.40. The van der Waals surface area contributed by atoms with E-state index in [1.807, 2.05) is 30.3 Å². The van der Waals surface area contributed by atoms with E-state index in [1.54, 1.807) is 23.6 Å². The molecule has 0 radical (unpaired) electrons. The number of amides is 1. The highest BCUT2D eigenvalue weighted by atomic mass is 32.2. The summed E-state index contributed by atoms with van der Waals surface area (Å²) in [6, 6.07) is 9.64. The van der Waals surface area contributed by atoms with Gasteiger partial charge in [0.2, 0.25) is 5.91 Å². The third-order valence-electron chi connectivity index (χ3n) is 2.14. The lowest BCUT2D eigenvalue weighted by Crippen LogP contribution is -2.30. The van der Waals surface area contributed by atoms with Crippen molar-refractivity contribution in [1.29, 1.82) is 0 Å². The number of benzene rings is 1. The van der Waals surface area contributed by atoms with Gasteiger partial charge in [0.15, 0.2) is 0 Å². The van der Waals surface area contributed by atoms with E-state index in [0.29, 0.717) is 6.54 Å². The maximum absolute atomic E-state index is 11.5.